The highest BCUT2D eigenvalue weighted by atomic mass is 32.2. The zero-order chi connectivity index (χ0) is 17.2. The number of aromatic nitrogens is 3. The van der Waals surface area contributed by atoms with Gasteiger partial charge in [-0.15, -0.1) is 10.2 Å². The molecule has 4 nitrogen and oxygen atoms in total. The molecule has 0 radical (unpaired) electrons. The number of methoxy groups -OCH3 is 1. The largest absolute Gasteiger partial charge is 0.497 e. The molecule has 0 unspecified atom stereocenters. The van der Waals surface area contributed by atoms with Crippen LogP contribution in [0, 0.1) is 0 Å². The molecule has 0 saturated heterocycles. The maximum Gasteiger partial charge on any atom is 0.191 e. The zero-order valence-corrected chi connectivity index (χ0v) is 15.3. The molecule has 1 aromatic heterocycles. The third-order valence-corrected chi connectivity index (χ3v) is 6.07. The third-order valence-electron chi connectivity index (χ3n) is 4.72. The minimum Gasteiger partial charge on any atom is -0.497 e. The van der Waals surface area contributed by atoms with Gasteiger partial charge in [0.15, 0.2) is 11.0 Å². The molecule has 5 heteroatoms. The average molecular weight is 351 g/mol. The number of fused-ring (bicyclic) bond motifs is 1. The van der Waals surface area contributed by atoms with Crippen molar-refractivity contribution in [2.24, 2.45) is 7.05 Å². The van der Waals surface area contributed by atoms with Crippen molar-refractivity contribution >= 4 is 11.8 Å². The van der Waals surface area contributed by atoms with Crippen molar-refractivity contribution < 1.29 is 4.74 Å². The lowest BCUT2D eigenvalue weighted by Crippen LogP contribution is -2.07. The van der Waals surface area contributed by atoms with Gasteiger partial charge < -0.3 is 9.30 Å². The number of nitrogens with zero attached hydrogens (tertiary/aromatic N) is 3. The second-order valence-electron chi connectivity index (χ2n) is 6.29. The van der Waals surface area contributed by atoms with E-state index in [9.17, 15) is 0 Å². The Morgan fingerprint density at radius 3 is 2.88 bits per heavy atom. The van der Waals surface area contributed by atoms with Crippen LogP contribution in [0.3, 0.4) is 0 Å². The van der Waals surface area contributed by atoms with Crippen LogP contribution in [0.4, 0.5) is 0 Å². The van der Waals surface area contributed by atoms with Gasteiger partial charge in [0.25, 0.3) is 0 Å². The molecule has 3 aromatic rings. The normalized spacial score (nSPS) is 16.5. The summed E-state index contributed by atoms with van der Waals surface area (Å²) in [7, 11) is 3.71. The monoisotopic (exact) mass is 351 g/mol. The minimum atomic E-state index is 0.450. The molecule has 0 N–H and O–H groups in total. The molecule has 0 amide bonds. The molecule has 0 aliphatic heterocycles. The van der Waals surface area contributed by atoms with Gasteiger partial charge in [0, 0.05) is 17.9 Å². The Morgan fingerprint density at radius 2 is 2.00 bits per heavy atom. The quantitative estimate of drug-likeness (QED) is 0.685. The molecule has 0 spiro atoms. The Morgan fingerprint density at radius 1 is 1.12 bits per heavy atom. The van der Waals surface area contributed by atoms with Gasteiger partial charge >= 0.3 is 0 Å². The highest BCUT2D eigenvalue weighted by Gasteiger charge is 2.23. The van der Waals surface area contributed by atoms with E-state index in [1.165, 1.54) is 30.4 Å². The third kappa shape index (κ3) is 3.16. The Bertz CT molecular complexity index is 890. The molecule has 128 valence electrons. The summed E-state index contributed by atoms with van der Waals surface area (Å²) in [5.74, 6) is 1.70. The van der Waals surface area contributed by atoms with Crippen molar-refractivity contribution in [2.45, 2.75) is 29.7 Å². The molecule has 1 atom stereocenters. The van der Waals surface area contributed by atoms with Crippen molar-refractivity contribution in [3.63, 3.8) is 0 Å². The summed E-state index contributed by atoms with van der Waals surface area (Å²) >= 11 is 1.82. The Kier molecular flexibility index (Phi) is 4.49. The van der Waals surface area contributed by atoms with Crippen molar-refractivity contribution in [1.29, 1.82) is 0 Å². The van der Waals surface area contributed by atoms with E-state index in [1.54, 1.807) is 7.11 Å². The molecule has 1 aliphatic rings. The first kappa shape index (κ1) is 16.2. The summed E-state index contributed by atoms with van der Waals surface area (Å²) in [6.45, 7) is 0. The van der Waals surface area contributed by atoms with Crippen LogP contribution in [0.25, 0.3) is 11.4 Å². The Balaban J connectivity index is 1.62. The van der Waals surface area contributed by atoms with E-state index in [1.807, 2.05) is 43.1 Å². The lowest BCUT2D eigenvalue weighted by atomic mass is 9.91. The number of hydrogen-bond donors (Lipinski definition) is 0. The summed E-state index contributed by atoms with van der Waals surface area (Å²) in [6, 6.07) is 16.7. The fraction of sp³-hybridized carbons (Fsp3) is 0.300. The highest BCUT2D eigenvalue weighted by molar-refractivity contribution is 7.99. The van der Waals surface area contributed by atoms with E-state index in [2.05, 4.69) is 39.0 Å². The van der Waals surface area contributed by atoms with Crippen LogP contribution in [0.15, 0.2) is 53.7 Å². The molecular weight excluding hydrogens is 330 g/mol. The maximum atomic E-state index is 5.32. The highest BCUT2D eigenvalue weighted by Crippen LogP contribution is 2.43. The SMILES string of the molecule is COc1cccc(-c2nnc(S[C@H]3CCCc4ccccc43)n2C)c1. The molecule has 25 heavy (non-hydrogen) atoms. The number of aryl methyl sites for hydroxylation is 1. The van der Waals surface area contributed by atoms with Crippen LogP contribution in [0.5, 0.6) is 5.75 Å². The molecule has 4 rings (SSSR count). The topological polar surface area (TPSA) is 39.9 Å². The van der Waals surface area contributed by atoms with E-state index in [4.69, 9.17) is 4.74 Å². The summed E-state index contributed by atoms with van der Waals surface area (Å²) in [6.07, 6.45) is 3.60. The summed E-state index contributed by atoms with van der Waals surface area (Å²) < 4.78 is 7.40. The van der Waals surface area contributed by atoms with Gasteiger partial charge in [0.1, 0.15) is 5.75 Å². The lowest BCUT2D eigenvalue weighted by Gasteiger charge is -2.24. The molecule has 1 heterocycles. The van der Waals surface area contributed by atoms with E-state index in [-0.39, 0.29) is 0 Å². The van der Waals surface area contributed by atoms with Gasteiger partial charge in [-0.05, 0) is 42.5 Å². The standard InChI is InChI=1S/C20H21N3OS/c1-23-19(15-9-5-10-16(13-15)24-2)21-22-20(23)25-18-12-6-8-14-7-3-4-11-17(14)18/h3-5,7,9-11,13,18H,6,8,12H2,1-2H3/t18-/m0/s1. The number of benzene rings is 2. The van der Waals surface area contributed by atoms with Crippen molar-refractivity contribution in [3.8, 4) is 17.1 Å². The number of ether oxygens (including phenoxy) is 1. The van der Waals surface area contributed by atoms with Crippen molar-refractivity contribution in [3.05, 3.63) is 59.7 Å². The Hall–Kier alpha value is -2.27. The van der Waals surface area contributed by atoms with E-state index in [0.717, 1.165) is 22.3 Å². The second-order valence-corrected chi connectivity index (χ2v) is 7.46. The molecule has 0 bridgehead atoms. The maximum absolute atomic E-state index is 5.32. The number of hydrogen-bond acceptors (Lipinski definition) is 4. The lowest BCUT2D eigenvalue weighted by molar-refractivity contribution is 0.415. The van der Waals surface area contributed by atoms with Gasteiger partial charge in [-0.1, -0.05) is 48.2 Å². The van der Waals surface area contributed by atoms with Crippen molar-refractivity contribution in [2.75, 3.05) is 7.11 Å². The predicted molar refractivity (Wildman–Crippen MR) is 101 cm³/mol. The second kappa shape index (κ2) is 6.92. The van der Waals surface area contributed by atoms with E-state index < -0.39 is 0 Å². The van der Waals surface area contributed by atoms with Crippen LogP contribution >= 0.6 is 11.8 Å². The van der Waals surface area contributed by atoms with Gasteiger partial charge in [-0.25, -0.2) is 0 Å². The molecular formula is C20H21N3OS. The number of rotatable bonds is 4. The van der Waals surface area contributed by atoms with Gasteiger partial charge in [0.05, 0.1) is 7.11 Å². The zero-order valence-electron chi connectivity index (χ0n) is 14.5. The van der Waals surface area contributed by atoms with Gasteiger partial charge in [0.2, 0.25) is 0 Å². The molecule has 1 aliphatic carbocycles. The summed E-state index contributed by atoms with van der Waals surface area (Å²) in [5.41, 5.74) is 3.94. The molecule has 0 fully saturated rings. The van der Waals surface area contributed by atoms with Crippen LogP contribution in [-0.4, -0.2) is 21.9 Å². The van der Waals surface area contributed by atoms with Gasteiger partial charge in [-0.3, -0.25) is 0 Å². The molecule has 0 saturated carbocycles. The van der Waals surface area contributed by atoms with E-state index in [0.29, 0.717) is 5.25 Å². The fourth-order valence-corrected chi connectivity index (χ4v) is 4.62. The minimum absolute atomic E-state index is 0.450. The first-order valence-electron chi connectivity index (χ1n) is 8.54. The van der Waals surface area contributed by atoms with Crippen LogP contribution in [0.1, 0.15) is 29.2 Å². The van der Waals surface area contributed by atoms with Gasteiger partial charge in [-0.2, -0.15) is 0 Å². The Labute approximate surface area is 152 Å². The summed E-state index contributed by atoms with van der Waals surface area (Å²) in [4.78, 5) is 0. The predicted octanol–water partition coefficient (Wildman–Crippen LogP) is 4.66. The first-order chi connectivity index (χ1) is 12.3. The average Bonchev–Trinajstić information content (AvgIpc) is 3.02. The number of thioether (sulfide) groups is 1. The van der Waals surface area contributed by atoms with Crippen LogP contribution in [-0.2, 0) is 13.5 Å². The van der Waals surface area contributed by atoms with E-state index >= 15 is 0 Å². The summed E-state index contributed by atoms with van der Waals surface area (Å²) in [5, 5.41) is 10.3. The first-order valence-corrected chi connectivity index (χ1v) is 9.42. The fourth-order valence-electron chi connectivity index (χ4n) is 3.39. The van der Waals surface area contributed by atoms with Crippen LogP contribution in [0.2, 0.25) is 0 Å². The smallest absolute Gasteiger partial charge is 0.191 e. The molecule has 2 aromatic carbocycles. The van der Waals surface area contributed by atoms with Crippen LogP contribution < -0.4 is 4.74 Å². The van der Waals surface area contributed by atoms with Crippen molar-refractivity contribution in [1.82, 2.24) is 14.8 Å².